The monoisotopic (exact) mass is 248 g/mol. The summed E-state index contributed by atoms with van der Waals surface area (Å²) in [5, 5.41) is 25.2. The molecule has 0 spiro atoms. The van der Waals surface area contributed by atoms with E-state index in [0.717, 1.165) is 0 Å². The van der Waals surface area contributed by atoms with Gasteiger partial charge in [-0.05, 0) is 6.92 Å². The number of aliphatic carboxylic acids is 1. The van der Waals surface area contributed by atoms with E-state index in [2.05, 4.69) is 10.2 Å². The van der Waals surface area contributed by atoms with Gasteiger partial charge in [0.25, 0.3) is 5.03 Å². The summed E-state index contributed by atoms with van der Waals surface area (Å²) in [7, 11) is -4.36. The number of carbonyl (C=O) groups is 1. The maximum atomic E-state index is 11.4. The van der Waals surface area contributed by atoms with Gasteiger partial charge in [0, 0.05) is 0 Å². The number of hydrogen-bond acceptors (Lipinski definition) is 7. The van der Waals surface area contributed by atoms with E-state index in [9.17, 15) is 28.4 Å². The molecule has 0 aliphatic heterocycles. The molecule has 0 unspecified atom stereocenters. The van der Waals surface area contributed by atoms with Gasteiger partial charge in [-0.1, -0.05) is 0 Å². The lowest BCUT2D eigenvalue weighted by atomic mass is 10.4. The van der Waals surface area contributed by atoms with Crippen LogP contribution in [0.2, 0.25) is 0 Å². The molecule has 0 aromatic carbocycles. The zero-order valence-electron chi connectivity index (χ0n) is 7.96. The van der Waals surface area contributed by atoms with Gasteiger partial charge in [0.2, 0.25) is 9.84 Å². The smallest absolute Gasteiger partial charge is 0.328 e. The van der Waals surface area contributed by atoms with Gasteiger partial charge in [-0.25, -0.2) is 8.42 Å². The molecule has 1 aromatic rings. The summed E-state index contributed by atoms with van der Waals surface area (Å²) < 4.78 is 22.7. The topological polar surface area (TPSA) is 146 Å². The van der Waals surface area contributed by atoms with Crippen molar-refractivity contribution >= 4 is 21.5 Å². The molecule has 0 aliphatic rings. The number of rotatable bonds is 4. The molecule has 1 heterocycles. The Labute approximate surface area is 89.2 Å². The van der Waals surface area contributed by atoms with Crippen LogP contribution in [0.1, 0.15) is 5.69 Å². The van der Waals surface area contributed by atoms with Crippen molar-refractivity contribution in [3.63, 3.8) is 0 Å². The fourth-order valence-corrected chi connectivity index (χ4v) is 2.21. The van der Waals surface area contributed by atoms with Crippen LogP contribution in [0.3, 0.4) is 0 Å². The minimum Gasteiger partial charge on any atom is -0.549 e. The number of nitrogens with one attached hydrogen (secondary N) is 1. The van der Waals surface area contributed by atoms with Crippen molar-refractivity contribution in [3.05, 3.63) is 15.8 Å². The van der Waals surface area contributed by atoms with Crippen molar-refractivity contribution in [2.75, 3.05) is 5.75 Å². The molecule has 0 saturated carbocycles. The van der Waals surface area contributed by atoms with Gasteiger partial charge in [0.1, 0.15) is 5.69 Å². The van der Waals surface area contributed by atoms with Gasteiger partial charge < -0.3 is 9.90 Å². The predicted molar refractivity (Wildman–Crippen MR) is 47.0 cm³/mol. The van der Waals surface area contributed by atoms with Crippen molar-refractivity contribution in [2.45, 2.75) is 11.9 Å². The van der Waals surface area contributed by atoms with E-state index < -0.39 is 37.2 Å². The number of aromatic nitrogens is 2. The maximum Gasteiger partial charge on any atom is 0.328 e. The summed E-state index contributed by atoms with van der Waals surface area (Å²) in [5.74, 6) is -3.20. The van der Waals surface area contributed by atoms with Crippen molar-refractivity contribution in [1.82, 2.24) is 10.2 Å². The molecule has 0 aliphatic carbocycles. The Hall–Kier alpha value is -1.97. The molecule has 0 atom stereocenters. The number of H-pyrrole nitrogens is 1. The lowest BCUT2D eigenvalue weighted by Gasteiger charge is -2.01. The Balaban J connectivity index is 3.34. The molecule has 0 bridgehead atoms. The number of aryl methyl sites for hydroxylation is 1. The first-order valence-electron chi connectivity index (χ1n) is 3.87. The van der Waals surface area contributed by atoms with Crippen molar-refractivity contribution in [2.24, 2.45) is 0 Å². The van der Waals surface area contributed by atoms with Gasteiger partial charge >= 0.3 is 5.69 Å². The van der Waals surface area contributed by atoms with Crippen molar-refractivity contribution in [3.8, 4) is 0 Å². The third-order valence-electron chi connectivity index (χ3n) is 1.67. The Bertz CT molecular complexity index is 545. The average molecular weight is 248 g/mol. The number of nitro groups is 1. The van der Waals surface area contributed by atoms with Gasteiger partial charge in [-0.2, -0.15) is 5.10 Å². The average Bonchev–Trinajstić information content (AvgIpc) is 2.44. The van der Waals surface area contributed by atoms with Gasteiger partial charge in [-0.15, -0.1) is 0 Å². The van der Waals surface area contributed by atoms with Crippen molar-refractivity contribution < 1.29 is 23.2 Å². The van der Waals surface area contributed by atoms with Crippen LogP contribution in [0.15, 0.2) is 5.03 Å². The quantitative estimate of drug-likeness (QED) is 0.485. The van der Waals surface area contributed by atoms with E-state index in [1.165, 1.54) is 6.92 Å². The second-order valence-electron chi connectivity index (χ2n) is 2.89. The molecule has 0 fully saturated rings. The molecule has 0 saturated heterocycles. The first-order chi connectivity index (χ1) is 7.25. The molecular formula is C6H6N3O6S-. The van der Waals surface area contributed by atoms with Crippen LogP contribution in [-0.2, 0) is 14.6 Å². The van der Waals surface area contributed by atoms with Gasteiger partial charge in [0.05, 0.1) is 16.6 Å². The lowest BCUT2D eigenvalue weighted by Crippen LogP contribution is -2.31. The normalized spacial score (nSPS) is 11.3. The Morgan fingerprint density at radius 3 is 2.56 bits per heavy atom. The molecule has 1 aromatic heterocycles. The minimum absolute atomic E-state index is 0.0677. The second-order valence-corrected chi connectivity index (χ2v) is 4.80. The minimum atomic E-state index is -4.36. The summed E-state index contributed by atoms with van der Waals surface area (Å²) in [4.78, 5) is 19.8. The zero-order chi connectivity index (χ0) is 12.5. The van der Waals surface area contributed by atoms with E-state index in [1.807, 2.05) is 0 Å². The van der Waals surface area contributed by atoms with E-state index in [1.54, 1.807) is 0 Å². The molecule has 16 heavy (non-hydrogen) atoms. The van der Waals surface area contributed by atoms with Crippen LogP contribution < -0.4 is 5.11 Å². The molecular weight excluding hydrogens is 242 g/mol. The summed E-state index contributed by atoms with van der Waals surface area (Å²) in [5.41, 5.74) is -0.817. The number of carboxylic acids is 1. The summed E-state index contributed by atoms with van der Waals surface area (Å²) >= 11 is 0. The molecule has 0 radical (unpaired) electrons. The molecule has 1 N–H and O–H groups in total. The Morgan fingerprint density at radius 1 is 1.56 bits per heavy atom. The largest absolute Gasteiger partial charge is 0.549 e. The fourth-order valence-electron chi connectivity index (χ4n) is 1.06. The summed E-state index contributed by atoms with van der Waals surface area (Å²) in [6.07, 6.45) is 0. The first-order valence-corrected chi connectivity index (χ1v) is 5.53. The summed E-state index contributed by atoms with van der Waals surface area (Å²) in [6, 6.07) is 0. The summed E-state index contributed by atoms with van der Waals surface area (Å²) in [6.45, 7) is 1.25. The molecule has 0 amide bonds. The van der Waals surface area contributed by atoms with E-state index >= 15 is 0 Å². The van der Waals surface area contributed by atoms with E-state index in [0.29, 0.717) is 0 Å². The predicted octanol–water partition coefficient (Wildman–Crippen LogP) is -1.85. The fraction of sp³-hybridized carbons (Fsp3) is 0.333. The van der Waals surface area contributed by atoms with Gasteiger partial charge in [-0.3, -0.25) is 15.2 Å². The highest BCUT2D eigenvalue weighted by Crippen LogP contribution is 2.25. The maximum absolute atomic E-state index is 11.4. The molecule has 9 nitrogen and oxygen atoms in total. The van der Waals surface area contributed by atoms with Crippen LogP contribution >= 0.6 is 0 Å². The number of aromatic amines is 1. The highest BCUT2D eigenvalue weighted by Gasteiger charge is 2.31. The van der Waals surface area contributed by atoms with Crippen LogP contribution in [0.5, 0.6) is 0 Å². The van der Waals surface area contributed by atoms with Gasteiger partial charge in [0.15, 0.2) is 0 Å². The van der Waals surface area contributed by atoms with Crippen LogP contribution in [0.4, 0.5) is 5.69 Å². The lowest BCUT2D eigenvalue weighted by molar-refractivity contribution is -0.388. The Morgan fingerprint density at radius 2 is 2.12 bits per heavy atom. The number of carboxylic acid groups (broad SMARTS) is 1. The molecule has 88 valence electrons. The van der Waals surface area contributed by atoms with Crippen molar-refractivity contribution in [1.29, 1.82) is 0 Å². The number of nitrogens with zero attached hydrogens (tertiary/aromatic N) is 2. The van der Waals surface area contributed by atoms with E-state index in [4.69, 9.17) is 0 Å². The number of hydrogen-bond donors (Lipinski definition) is 1. The molecule has 10 heteroatoms. The van der Waals surface area contributed by atoms with Crippen LogP contribution in [0.25, 0.3) is 0 Å². The number of sulfone groups is 1. The SMILES string of the molecule is Cc1[nH]nc(S(=O)(=O)CC(=O)[O-])c1[N+](=O)[O-]. The standard InChI is InChI=1S/C6H7N3O6S/c1-3-5(9(12)13)6(8-7-3)16(14,15)2-4(10)11/h2H2,1H3,(H,7,8)(H,10,11)/p-1. The Kier molecular flexibility index (Phi) is 2.94. The highest BCUT2D eigenvalue weighted by molar-refractivity contribution is 7.92. The zero-order valence-corrected chi connectivity index (χ0v) is 8.78. The van der Waals surface area contributed by atoms with Crippen LogP contribution in [0, 0.1) is 17.0 Å². The van der Waals surface area contributed by atoms with E-state index in [-0.39, 0.29) is 5.69 Å². The first kappa shape index (κ1) is 12.1. The second kappa shape index (κ2) is 3.89. The third-order valence-corrected chi connectivity index (χ3v) is 3.16. The highest BCUT2D eigenvalue weighted by atomic mass is 32.2. The number of carbonyl (C=O) groups excluding carboxylic acids is 1. The third kappa shape index (κ3) is 2.16. The molecule has 1 rings (SSSR count). The van der Waals surface area contributed by atoms with Crippen LogP contribution in [-0.4, -0.2) is 35.3 Å².